The van der Waals surface area contributed by atoms with Crippen molar-refractivity contribution in [3.8, 4) is 11.6 Å². The van der Waals surface area contributed by atoms with Gasteiger partial charge in [-0.15, -0.1) is 16.8 Å². The molecule has 0 aliphatic rings. The number of alkyl halides is 6. The Labute approximate surface area is 235 Å². The number of nitrogens with zero attached hydrogens (tertiary/aromatic N) is 3. The van der Waals surface area contributed by atoms with Crippen molar-refractivity contribution < 1.29 is 55.2 Å². The molecule has 0 aliphatic heterocycles. The Bertz CT molecular complexity index is 1400. The lowest BCUT2D eigenvalue weighted by atomic mass is 9.98. The van der Waals surface area contributed by atoms with Crippen LogP contribution in [-0.4, -0.2) is 49.6 Å². The zero-order valence-corrected chi connectivity index (χ0v) is 22.4. The molecule has 0 fully saturated rings. The van der Waals surface area contributed by atoms with E-state index in [0.717, 1.165) is 6.08 Å². The number of halogens is 6. The summed E-state index contributed by atoms with van der Waals surface area (Å²) in [6, 6.07) is 8.10. The molecule has 1 unspecified atom stereocenters. The largest absolute Gasteiger partial charge is 0.476 e. The van der Waals surface area contributed by atoms with Gasteiger partial charge >= 0.3 is 18.3 Å². The summed E-state index contributed by atoms with van der Waals surface area (Å²) in [5.74, 6) is -4.17. The summed E-state index contributed by atoms with van der Waals surface area (Å²) in [5, 5.41) is 28.8. The molecule has 3 aromatic rings. The quantitative estimate of drug-likeness (QED) is 0.138. The van der Waals surface area contributed by atoms with Crippen LogP contribution in [0.25, 0.3) is 11.6 Å². The second kappa shape index (κ2) is 12.1. The zero-order chi connectivity index (χ0) is 31.5. The van der Waals surface area contributed by atoms with Crippen molar-refractivity contribution in [1.29, 1.82) is 0 Å². The Morgan fingerprint density at radius 1 is 1.12 bits per heavy atom. The molecule has 2 heterocycles. The van der Waals surface area contributed by atoms with Gasteiger partial charge < -0.3 is 29.4 Å². The van der Waals surface area contributed by atoms with Crippen LogP contribution in [-0.2, 0) is 27.9 Å². The normalized spacial score (nSPS) is 14.7. The van der Waals surface area contributed by atoms with Gasteiger partial charge in [0.05, 0.1) is 23.5 Å². The van der Waals surface area contributed by atoms with Crippen molar-refractivity contribution in [2.75, 3.05) is 5.32 Å². The fraction of sp³-hybridized carbons (Fsp3) is 0.385. The van der Waals surface area contributed by atoms with Gasteiger partial charge in [0, 0.05) is 6.42 Å². The Hall–Kier alpha value is -4.02. The van der Waals surface area contributed by atoms with Crippen LogP contribution in [0.1, 0.15) is 54.7 Å². The minimum atomic E-state index is -5.23. The lowest BCUT2D eigenvalue weighted by Gasteiger charge is -2.31. The molecule has 0 spiro atoms. The van der Waals surface area contributed by atoms with Crippen LogP contribution in [0.4, 0.5) is 32.0 Å². The average molecular weight is 605 g/mol. The SMILES string of the molecule is C=CC[C@@](OCc1ccccc1)(c1nnc(-c2nc(C(=O)O)c(C(F)(F)F)cc2NC(O)OC(C)(C)C)o1)C(F)(F)F. The van der Waals surface area contributed by atoms with Crippen LogP contribution in [0.5, 0.6) is 0 Å². The molecule has 0 aliphatic carbocycles. The van der Waals surface area contributed by atoms with Gasteiger partial charge in [-0.25, -0.2) is 9.78 Å². The van der Waals surface area contributed by atoms with Crippen molar-refractivity contribution in [3.63, 3.8) is 0 Å². The van der Waals surface area contributed by atoms with E-state index >= 15 is 0 Å². The van der Waals surface area contributed by atoms with E-state index in [1.807, 2.05) is 0 Å². The standard InChI is InChI=1S/C26H26F6N4O6/c1-5-11-24(26(30,31)32,40-13-14-9-7-6-8-10-14)21-36-35-19(41-21)18-16(33-22(39)42-23(2,3)4)12-15(25(27,28)29)17(34-18)20(37)38/h5-10,12,22,33,39H,1,11,13H2,2-4H3,(H,37,38)/t22?,24-/m1/s1. The highest BCUT2D eigenvalue weighted by atomic mass is 19.4. The molecule has 1 aromatic carbocycles. The number of aliphatic hydroxyl groups excluding tert-OH is 1. The molecular weight excluding hydrogens is 578 g/mol. The van der Waals surface area contributed by atoms with Crippen LogP contribution in [0.2, 0.25) is 0 Å². The van der Waals surface area contributed by atoms with E-state index in [-0.39, 0.29) is 6.07 Å². The van der Waals surface area contributed by atoms with Crippen molar-refractivity contribution in [2.45, 2.75) is 63.8 Å². The van der Waals surface area contributed by atoms with Crippen LogP contribution in [0.15, 0.2) is 53.5 Å². The smallest absolute Gasteiger partial charge is 0.426 e. The molecule has 10 nitrogen and oxygen atoms in total. The lowest BCUT2D eigenvalue weighted by Crippen LogP contribution is -2.45. The summed E-state index contributed by atoms with van der Waals surface area (Å²) >= 11 is 0. The maximum absolute atomic E-state index is 14.5. The highest BCUT2D eigenvalue weighted by Crippen LogP contribution is 2.46. The Morgan fingerprint density at radius 3 is 2.29 bits per heavy atom. The first kappa shape index (κ1) is 32.5. The number of hydrogen-bond acceptors (Lipinski definition) is 9. The van der Waals surface area contributed by atoms with E-state index < -0.39 is 83.4 Å². The number of benzene rings is 1. The minimum absolute atomic E-state index is 0.275. The molecule has 0 radical (unpaired) electrons. The number of hydrogen-bond donors (Lipinski definition) is 3. The van der Waals surface area contributed by atoms with Crippen molar-refractivity contribution in [1.82, 2.24) is 15.2 Å². The molecule has 0 saturated carbocycles. The molecule has 2 aromatic heterocycles. The first-order valence-corrected chi connectivity index (χ1v) is 12.1. The van der Waals surface area contributed by atoms with Crippen LogP contribution >= 0.6 is 0 Å². The third-order valence-corrected chi connectivity index (χ3v) is 5.47. The van der Waals surface area contributed by atoms with Gasteiger partial charge in [-0.2, -0.15) is 26.3 Å². The second-order valence-electron chi connectivity index (χ2n) is 9.81. The van der Waals surface area contributed by atoms with E-state index in [9.17, 15) is 41.4 Å². The number of pyridine rings is 1. The van der Waals surface area contributed by atoms with Gasteiger partial charge in [0.15, 0.2) is 11.4 Å². The number of carboxylic acids is 1. The molecule has 3 rings (SSSR count). The number of nitrogens with one attached hydrogen (secondary N) is 1. The Balaban J connectivity index is 2.19. The zero-order valence-electron chi connectivity index (χ0n) is 22.4. The number of carbonyl (C=O) groups is 1. The van der Waals surface area contributed by atoms with Crippen molar-refractivity contribution in [3.05, 3.63) is 71.8 Å². The summed E-state index contributed by atoms with van der Waals surface area (Å²) in [6.45, 7) is 7.33. The summed E-state index contributed by atoms with van der Waals surface area (Å²) in [7, 11) is 0. The number of rotatable bonds is 11. The predicted molar refractivity (Wildman–Crippen MR) is 134 cm³/mol. The monoisotopic (exact) mass is 604 g/mol. The molecule has 0 amide bonds. The van der Waals surface area contributed by atoms with Gasteiger partial charge in [0.25, 0.3) is 11.8 Å². The number of aromatic carboxylic acids is 1. The molecule has 42 heavy (non-hydrogen) atoms. The Morgan fingerprint density at radius 2 is 1.76 bits per heavy atom. The number of anilines is 1. The molecule has 2 atom stereocenters. The van der Waals surface area contributed by atoms with E-state index in [2.05, 4.69) is 27.1 Å². The fourth-order valence-electron chi connectivity index (χ4n) is 3.66. The van der Waals surface area contributed by atoms with Crippen LogP contribution < -0.4 is 5.32 Å². The van der Waals surface area contributed by atoms with Gasteiger partial charge in [-0.1, -0.05) is 36.4 Å². The van der Waals surface area contributed by atoms with E-state index in [4.69, 9.17) is 13.9 Å². The summed E-state index contributed by atoms with van der Waals surface area (Å²) in [4.78, 5) is 15.1. The van der Waals surface area contributed by atoms with E-state index in [1.165, 1.54) is 32.9 Å². The van der Waals surface area contributed by atoms with Crippen LogP contribution in [0.3, 0.4) is 0 Å². The molecular formula is C26H26F6N4O6. The second-order valence-corrected chi connectivity index (χ2v) is 9.81. The number of aliphatic hydroxyl groups is 1. The van der Waals surface area contributed by atoms with Crippen molar-refractivity contribution in [2.24, 2.45) is 0 Å². The minimum Gasteiger partial charge on any atom is -0.476 e. The van der Waals surface area contributed by atoms with E-state index in [0.29, 0.717) is 5.56 Å². The molecule has 228 valence electrons. The van der Waals surface area contributed by atoms with E-state index in [1.54, 1.807) is 18.2 Å². The maximum atomic E-state index is 14.5. The Kier molecular flexibility index (Phi) is 9.34. The molecule has 3 N–H and O–H groups in total. The molecule has 0 saturated heterocycles. The summed E-state index contributed by atoms with van der Waals surface area (Å²) < 4.78 is 101. The van der Waals surface area contributed by atoms with Gasteiger partial charge in [-0.3, -0.25) is 0 Å². The third-order valence-electron chi connectivity index (χ3n) is 5.47. The van der Waals surface area contributed by atoms with Crippen molar-refractivity contribution >= 4 is 11.7 Å². The highest BCUT2D eigenvalue weighted by molar-refractivity contribution is 5.89. The van der Waals surface area contributed by atoms with Crippen LogP contribution in [0, 0.1) is 0 Å². The lowest BCUT2D eigenvalue weighted by molar-refractivity contribution is -0.295. The highest BCUT2D eigenvalue weighted by Gasteiger charge is 2.61. The average Bonchev–Trinajstić information content (AvgIpc) is 3.34. The molecule has 16 heteroatoms. The fourth-order valence-corrected chi connectivity index (χ4v) is 3.66. The van der Waals surface area contributed by atoms with Gasteiger partial charge in [0.2, 0.25) is 12.0 Å². The summed E-state index contributed by atoms with van der Waals surface area (Å²) in [5.41, 5.74) is -8.68. The first-order chi connectivity index (χ1) is 19.4. The third kappa shape index (κ3) is 7.43. The molecule has 0 bridgehead atoms. The predicted octanol–water partition coefficient (Wildman–Crippen LogP) is 5.90. The number of aromatic nitrogens is 3. The first-order valence-electron chi connectivity index (χ1n) is 12.1. The topological polar surface area (TPSA) is 140 Å². The van der Waals surface area contributed by atoms with Gasteiger partial charge in [0.1, 0.15) is 0 Å². The van der Waals surface area contributed by atoms with Gasteiger partial charge in [-0.05, 0) is 32.4 Å². The number of ether oxygens (including phenoxy) is 2. The number of carboxylic acid groups (broad SMARTS) is 1. The summed E-state index contributed by atoms with van der Waals surface area (Å²) in [6.07, 6.45) is -12.4. The maximum Gasteiger partial charge on any atom is 0.426 e.